The van der Waals surface area contributed by atoms with Crippen LogP contribution in [0.25, 0.3) is 0 Å². The Morgan fingerprint density at radius 3 is 2.53 bits per heavy atom. The molecule has 1 aliphatic rings. The van der Waals surface area contributed by atoms with Crippen molar-refractivity contribution in [2.75, 3.05) is 13.6 Å². The fourth-order valence-electron chi connectivity index (χ4n) is 2.01. The molecule has 2 unspecified atom stereocenters. The number of carbonyl (C=O) groups is 3. The molecule has 6 nitrogen and oxygen atoms in total. The predicted molar refractivity (Wildman–Crippen MR) is 62.1 cm³/mol. The van der Waals surface area contributed by atoms with E-state index in [2.05, 4.69) is 10.6 Å². The summed E-state index contributed by atoms with van der Waals surface area (Å²) in [6, 6.07) is -1.01. The van der Waals surface area contributed by atoms with Gasteiger partial charge in [-0.1, -0.05) is 0 Å². The molecule has 0 saturated carbocycles. The van der Waals surface area contributed by atoms with Crippen molar-refractivity contribution in [1.82, 2.24) is 15.5 Å². The van der Waals surface area contributed by atoms with Gasteiger partial charge in [0.1, 0.15) is 12.1 Å². The van der Waals surface area contributed by atoms with Gasteiger partial charge in [-0.15, -0.1) is 0 Å². The molecule has 1 aliphatic heterocycles. The minimum absolute atomic E-state index is 0.102. The molecule has 0 spiro atoms. The number of rotatable bonds is 3. The van der Waals surface area contributed by atoms with Crippen molar-refractivity contribution in [3.63, 3.8) is 0 Å². The molecule has 1 rings (SSSR count). The zero-order valence-electron chi connectivity index (χ0n) is 10.4. The van der Waals surface area contributed by atoms with Crippen molar-refractivity contribution in [1.29, 1.82) is 0 Å². The zero-order valence-corrected chi connectivity index (χ0v) is 10.4. The number of carbonyl (C=O) groups excluding carboxylic acids is 3. The zero-order chi connectivity index (χ0) is 13.0. The number of hydrogen-bond donors (Lipinski definition) is 2. The normalized spacial score (nSPS) is 20.9. The summed E-state index contributed by atoms with van der Waals surface area (Å²) in [6.07, 6.45) is 1.48. The van der Waals surface area contributed by atoms with Gasteiger partial charge in [0, 0.05) is 20.5 Å². The minimum atomic E-state index is -0.582. The van der Waals surface area contributed by atoms with Crippen molar-refractivity contribution in [2.24, 2.45) is 0 Å². The third-order valence-corrected chi connectivity index (χ3v) is 2.96. The highest BCUT2D eigenvalue weighted by Gasteiger charge is 2.33. The summed E-state index contributed by atoms with van der Waals surface area (Å²) >= 11 is 0. The van der Waals surface area contributed by atoms with Crippen LogP contribution in [-0.2, 0) is 14.4 Å². The number of hydrogen-bond acceptors (Lipinski definition) is 3. The molecule has 2 N–H and O–H groups in total. The lowest BCUT2D eigenvalue weighted by molar-refractivity contribution is -0.138. The van der Waals surface area contributed by atoms with Gasteiger partial charge in [-0.2, -0.15) is 0 Å². The van der Waals surface area contributed by atoms with Crippen LogP contribution in [0.1, 0.15) is 26.7 Å². The van der Waals surface area contributed by atoms with Gasteiger partial charge in [-0.05, 0) is 19.8 Å². The molecule has 0 radical (unpaired) electrons. The second kappa shape index (κ2) is 5.65. The number of nitrogens with one attached hydrogen (secondary N) is 2. The van der Waals surface area contributed by atoms with Crippen LogP contribution in [0.2, 0.25) is 0 Å². The molecule has 1 heterocycles. The Hall–Kier alpha value is -1.59. The molecule has 1 saturated heterocycles. The maximum absolute atomic E-state index is 11.9. The summed E-state index contributed by atoms with van der Waals surface area (Å²) in [6.45, 7) is 3.68. The van der Waals surface area contributed by atoms with E-state index in [4.69, 9.17) is 0 Å². The standard InChI is InChI=1S/C11H19N3O3/c1-7(10(16)12-3)13-11(17)9-5-4-6-14(9)8(2)15/h7,9H,4-6H2,1-3H3,(H,12,16)(H,13,17). The van der Waals surface area contributed by atoms with E-state index in [1.807, 2.05) is 0 Å². The van der Waals surface area contributed by atoms with Gasteiger partial charge in [0.2, 0.25) is 17.7 Å². The maximum atomic E-state index is 11.9. The molecule has 0 aromatic rings. The van der Waals surface area contributed by atoms with Gasteiger partial charge in [-0.3, -0.25) is 14.4 Å². The third-order valence-electron chi connectivity index (χ3n) is 2.96. The van der Waals surface area contributed by atoms with Crippen LogP contribution in [0.3, 0.4) is 0 Å². The first kappa shape index (κ1) is 13.5. The summed E-state index contributed by atoms with van der Waals surface area (Å²) < 4.78 is 0. The Morgan fingerprint density at radius 1 is 1.35 bits per heavy atom. The second-order valence-corrected chi connectivity index (χ2v) is 4.21. The Kier molecular flexibility index (Phi) is 4.48. The number of amides is 3. The van der Waals surface area contributed by atoms with Crippen LogP contribution in [0, 0.1) is 0 Å². The van der Waals surface area contributed by atoms with E-state index in [1.165, 1.54) is 14.0 Å². The summed E-state index contributed by atoms with van der Waals surface area (Å²) in [5.74, 6) is -0.602. The molecule has 0 aromatic heterocycles. The lowest BCUT2D eigenvalue weighted by Gasteiger charge is -2.23. The lowest BCUT2D eigenvalue weighted by atomic mass is 10.2. The summed E-state index contributed by atoms with van der Waals surface area (Å²) in [7, 11) is 1.52. The fraction of sp³-hybridized carbons (Fsp3) is 0.727. The molecule has 6 heteroatoms. The molecule has 0 aliphatic carbocycles. The van der Waals surface area contributed by atoms with Gasteiger partial charge < -0.3 is 15.5 Å². The Bertz CT molecular complexity index is 330. The molecule has 0 bridgehead atoms. The topological polar surface area (TPSA) is 78.5 Å². The predicted octanol–water partition coefficient (Wildman–Crippen LogP) is -0.752. The summed E-state index contributed by atoms with van der Waals surface area (Å²) in [5.41, 5.74) is 0. The van der Waals surface area contributed by atoms with Crippen molar-refractivity contribution in [3.05, 3.63) is 0 Å². The van der Waals surface area contributed by atoms with Gasteiger partial charge in [-0.25, -0.2) is 0 Å². The van der Waals surface area contributed by atoms with Crippen molar-refractivity contribution >= 4 is 17.7 Å². The molecule has 96 valence electrons. The van der Waals surface area contributed by atoms with E-state index in [9.17, 15) is 14.4 Å². The lowest BCUT2D eigenvalue weighted by Crippen LogP contribution is -2.51. The van der Waals surface area contributed by atoms with E-state index >= 15 is 0 Å². The number of nitrogens with zero attached hydrogens (tertiary/aromatic N) is 1. The van der Waals surface area contributed by atoms with Crippen LogP contribution in [0.5, 0.6) is 0 Å². The highest BCUT2D eigenvalue weighted by Crippen LogP contribution is 2.17. The summed E-state index contributed by atoms with van der Waals surface area (Å²) in [5, 5.41) is 5.07. The molecule has 0 aromatic carbocycles. The van der Waals surface area contributed by atoms with Gasteiger partial charge in [0.15, 0.2) is 0 Å². The monoisotopic (exact) mass is 241 g/mol. The summed E-state index contributed by atoms with van der Waals surface area (Å²) in [4.78, 5) is 36.0. The first-order valence-electron chi connectivity index (χ1n) is 5.76. The molecule has 17 heavy (non-hydrogen) atoms. The van der Waals surface area contributed by atoms with Crippen LogP contribution < -0.4 is 10.6 Å². The molecule has 1 fully saturated rings. The van der Waals surface area contributed by atoms with E-state index in [-0.39, 0.29) is 17.7 Å². The largest absolute Gasteiger partial charge is 0.357 e. The van der Waals surface area contributed by atoms with Crippen molar-refractivity contribution in [2.45, 2.75) is 38.8 Å². The Morgan fingerprint density at radius 2 is 2.00 bits per heavy atom. The fourth-order valence-corrected chi connectivity index (χ4v) is 2.01. The maximum Gasteiger partial charge on any atom is 0.243 e. The molecular weight excluding hydrogens is 222 g/mol. The SMILES string of the molecule is CNC(=O)C(C)NC(=O)C1CCCN1C(C)=O. The van der Waals surface area contributed by atoms with Crippen molar-refractivity contribution in [3.8, 4) is 0 Å². The smallest absolute Gasteiger partial charge is 0.243 e. The van der Waals surface area contributed by atoms with Gasteiger partial charge in [0.05, 0.1) is 0 Å². The highest BCUT2D eigenvalue weighted by atomic mass is 16.2. The first-order valence-corrected chi connectivity index (χ1v) is 5.76. The van der Waals surface area contributed by atoms with E-state index in [0.29, 0.717) is 13.0 Å². The molecule has 3 amide bonds. The minimum Gasteiger partial charge on any atom is -0.357 e. The average Bonchev–Trinajstić information content (AvgIpc) is 2.76. The Balaban J connectivity index is 2.58. The quantitative estimate of drug-likeness (QED) is 0.682. The van der Waals surface area contributed by atoms with Crippen molar-refractivity contribution < 1.29 is 14.4 Å². The average molecular weight is 241 g/mol. The number of likely N-dealkylation sites (tertiary alicyclic amines) is 1. The number of likely N-dealkylation sites (N-methyl/N-ethyl adjacent to an activating group) is 1. The third kappa shape index (κ3) is 3.18. The van der Waals surface area contributed by atoms with Crippen LogP contribution >= 0.6 is 0 Å². The van der Waals surface area contributed by atoms with E-state index in [1.54, 1.807) is 11.8 Å². The Labute approximate surface area is 101 Å². The van der Waals surface area contributed by atoms with Gasteiger partial charge in [0.25, 0.3) is 0 Å². The first-order chi connectivity index (χ1) is 7.97. The van der Waals surface area contributed by atoms with Crippen LogP contribution in [0.15, 0.2) is 0 Å². The molecular formula is C11H19N3O3. The highest BCUT2D eigenvalue weighted by molar-refractivity contribution is 5.91. The van der Waals surface area contributed by atoms with E-state index < -0.39 is 12.1 Å². The van der Waals surface area contributed by atoms with Gasteiger partial charge >= 0.3 is 0 Å². The second-order valence-electron chi connectivity index (χ2n) is 4.21. The van der Waals surface area contributed by atoms with Crippen LogP contribution in [0.4, 0.5) is 0 Å². The van der Waals surface area contributed by atoms with Crippen LogP contribution in [-0.4, -0.2) is 48.3 Å². The molecule has 2 atom stereocenters. The van der Waals surface area contributed by atoms with E-state index in [0.717, 1.165) is 6.42 Å².